The summed E-state index contributed by atoms with van der Waals surface area (Å²) in [6.07, 6.45) is 4.15. The number of piperazine rings is 1. The van der Waals surface area contributed by atoms with Crippen LogP contribution in [0, 0.1) is 13.8 Å². The summed E-state index contributed by atoms with van der Waals surface area (Å²) < 4.78 is 0. The van der Waals surface area contributed by atoms with Crippen molar-refractivity contribution < 1.29 is 4.79 Å². The molecule has 1 amide bonds. The molecule has 0 aliphatic carbocycles. The van der Waals surface area contributed by atoms with E-state index in [1.807, 2.05) is 11.8 Å². The van der Waals surface area contributed by atoms with E-state index in [1.165, 1.54) is 5.69 Å². The number of aromatic nitrogens is 3. The molecule has 7 nitrogen and oxygen atoms in total. The highest BCUT2D eigenvalue weighted by Gasteiger charge is 2.30. The van der Waals surface area contributed by atoms with E-state index in [-0.39, 0.29) is 11.8 Å². The summed E-state index contributed by atoms with van der Waals surface area (Å²) in [4.78, 5) is 32.7. The van der Waals surface area contributed by atoms with Gasteiger partial charge in [-0.3, -0.25) is 14.8 Å². The van der Waals surface area contributed by atoms with Crippen LogP contribution >= 0.6 is 0 Å². The quantitative estimate of drug-likeness (QED) is 0.810. The van der Waals surface area contributed by atoms with Gasteiger partial charge in [0.15, 0.2) is 0 Å². The van der Waals surface area contributed by atoms with E-state index in [0.717, 1.165) is 56.2 Å². The van der Waals surface area contributed by atoms with Gasteiger partial charge in [-0.1, -0.05) is 0 Å². The van der Waals surface area contributed by atoms with Crippen molar-refractivity contribution >= 4 is 11.6 Å². The molecule has 0 bridgehead atoms. The van der Waals surface area contributed by atoms with Crippen molar-refractivity contribution in [3.05, 3.63) is 47.3 Å². The lowest BCUT2D eigenvalue weighted by Gasteiger charge is -2.34. The molecular formula is C21H28N6O. The van der Waals surface area contributed by atoms with E-state index in [2.05, 4.69) is 45.9 Å². The lowest BCUT2D eigenvalue weighted by Crippen LogP contribution is -2.44. The molecule has 0 spiro atoms. The molecule has 0 N–H and O–H groups in total. The van der Waals surface area contributed by atoms with Crippen molar-refractivity contribution in [1.29, 1.82) is 0 Å². The maximum Gasteiger partial charge on any atom is 0.274 e. The fraction of sp³-hybridized carbons (Fsp3) is 0.524. The van der Waals surface area contributed by atoms with Gasteiger partial charge in [0.2, 0.25) is 0 Å². The zero-order valence-electron chi connectivity index (χ0n) is 16.9. The van der Waals surface area contributed by atoms with Gasteiger partial charge in [0.05, 0.1) is 11.9 Å². The minimum atomic E-state index is -0.0399. The molecular weight excluding hydrogens is 352 g/mol. The highest BCUT2D eigenvalue weighted by atomic mass is 16.2. The molecule has 2 aromatic heterocycles. The van der Waals surface area contributed by atoms with Crippen molar-refractivity contribution in [3.8, 4) is 0 Å². The van der Waals surface area contributed by atoms with E-state index in [4.69, 9.17) is 4.98 Å². The Hall–Kier alpha value is -2.54. The van der Waals surface area contributed by atoms with Crippen molar-refractivity contribution in [3.63, 3.8) is 0 Å². The summed E-state index contributed by atoms with van der Waals surface area (Å²) in [5.41, 5.74) is 4.63. The highest BCUT2D eigenvalue weighted by molar-refractivity contribution is 5.92. The smallest absolute Gasteiger partial charge is 0.274 e. The molecule has 2 aromatic rings. The molecule has 1 atom stereocenters. The number of anilines is 1. The lowest BCUT2D eigenvalue weighted by atomic mass is 10.0. The second-order valence-corrected chi connectivity index (χ2v) is 7.96. The van der Waals surface area contributed by atoms with Gasteiger partial charge in [0, 0.05) is 68.5 Å². The first-order valence-corrected chi connectivity index (χ1v) is 9.99. The number of rotatable bonds is 3. The Morgan fingerprint density at radius 3 is 2.50 bits per heavy atom. The van der Waals surface area contributed by atoms with Gasteiger partial charge in [-0.05, 0) is 39.4 Å². The van der Waals surface area contributed by atoms with E-state index >= 15 is 0 Å². The fourth-order valence-corrected chi connectivity index (χ4v) is 3.98. The minimum absolute atomic E-state index is 0.0399. The summed E-state index contributed by atoms with van der Waals surface area (Å²) >= 11 is 0. The number of likely N-dealkylation sites (N-methyl/N-ethyl adjacent to an activating group) is 1. The normalized spacial score (nSPS) is 20.6. The van der Waals surface area contributed by atoms with Crippen LogP contribution in [0.4, 0.5) is 5.69 Å². The predicted molar refractivity (Wildman–Crippen MR) is 109 cm³/mol. The average Bonchev–Trinajstić information content (AvgIpc) is 3.18. The number of aryl methyl sites for hydroxylation is 2. The Balaban J connectivity index is 1.47. The van der Waals surface area contributed by atoms with Gasteiger partial charge >= 0.3 is 0 Å². The van der Waals surface area contributed by atoms with Gasteiger partial charge in [-0.2, -0.15) is 0 Å². The molecule has 2 aliphatic rings. The molecule has 2 aliphatic heterocycles. The first kappa shape index (κ1) is 18.8. The zero-order valence-corrected chi connectivity index (χ0v) is 16.9. The van der Waals surface area contributed by atoms with Gasteiger partial charge in [0.1, 0.15) is 5.69 Å². The zero-order chi connectivity index (χ0) is 19.7. The molecule has 2 saturated heterocycles. The number of carbonyl (C=O) groups is 1. The number of nitrogens with zero attached hydrogens (tertiary/aromatic N) is 6. The highest BCUT2D eigenvalue weighted by Crippen LogP contribution is 2.30. The van der Waals surface area contributed by atoms with Gasteiger partial charge < -0.3 is 14.7 Å². The fourth-order valence-electron chi connectivity index (χ4n) is 3.98. The summed E-state index contributed by atoms with van der Waals surface area (Å²) in [7, 11) is 2.17. The van der Waals surface area contributed by atoms with Gasteiger partial charge in [0.25, 0.3) is 5.91 Å². The summed E-state index contributed by atoms with van der Waals surface area (Å²) in [5, 5.41) is 0. The van der Waals surface area contributed by atoms with Crippen LogP contribution < -0.4 is 4.90 Å². The number of hydrogen-bond acceptors (Lipinski definition) is 6. The van der Waals surface area contributed by atoms with Crippen LogP contribution in [0.2, 0.25) is 0 Å². The molecule has 0 saturated carbocycles. The Kier molecular flexibility index (Phi) is 5.26. The molecule has 148 valence electrons. The predicted octanol–water partition coefficient (Wildman–Crippen LogP) is 1.87. The van der Waals surface area contributed by atoms with Gasteiger partial charge in [-0.15, -0.1) is 0 Å². The van der Waals surface area contributed by atoms with Crippen molar-refractivity contribution in [2.75, 3.05) is 51.2 Å². The maximum atomic E-state index is 12.7. The number of hydrogen-bond donors (Lipinski definition) is 0. The standard InChI is InChI=1S/C21H28N6O/c1-15-10-18(26-8-6-25(3)7-9-26)11-19(24-15)17-4-5-27(14-17)21(28)20-13-22-16(2)12-23-20/h10-13,17H,4-9,14H2,1-3H3/t17-/m0/s1. The summed E-state index contributed by atoms with van der Waals surface area (Å²) in [6, 6.07) is 4.40. The number of carbonyl (C=O) groups excluding carboxylic acids is 1. The topological polar surface area (TPSA) is 65.5 Å². The Bertz CT molecular complexity index is 844. The second kappa shape index (κ2) is 7.83. The molecule has 4 heterocycles. The second-order valence-electron chi connectivity index (χ2n) is 7.96. The summed E-state index contributed by atoms with van der Waals surface area (Å²) in [5.74, 6) is 0.232. The number of amides is 1. The third-order valence-corrected chi connectivity index (χ3v) is 5.72. The van der Waals surface area contributed by atoms with Crippen LogP contribution in [0.5, 0.6) is 0 Å². The number of likely N-dealkylation sites (tertiary alicyclic amines) is 1. The molecule has 28 heavy (non-hydrogen) atoms. The van der Waals surface area contributed by atoms with Crippen molar-refractivity contribution in [2.45, 2.75) is 26.2 Å². The Labute approximate surface area is 166 Å². The van der Waals surface area contributed by atoms with E-state index in [0.29, 0.717) is 12.2 Å². The molecule has 0 aromatic carbocycles. The lowest BCUT2D eigenvalue weighted by molar-refractivity contribution is 0.0784. The molecule has 4 rings (SSSR count). The van der Waals surface area contributed by atoms with Crippen molar-refractivity contribution in [2.24, 2.45) is 0 Å². The maximum absolute atomic E-state index is 12.7. The number of pyridine rings is 1. The van der Waals surface area contributed by atoms with Crippen LogP contribution in [0.25, 0.3) is 0 Å². The first-order chi connectivity index (χ1) is 13.5. The van der Waals surface area contributed by atoms with Crippen LogP contribution in [-0.4, -0.2) is 77.0 Å². The third kappa shape index (κ3) is 3.99. The van der Waals surface area contributed by atoms with Crippen LogP contribution in [0.1, 0.15) is 39.9 Å². The average molecular weight is 380 g/mol. The van der Waals surface area contributed by atoms with Crippen LogP contribution in [0.3, 0.4) is 0 Å². The molecule has 0 radical (unpaired) electrons. The van der Waals surface area contributed by atoms with Crippen LogP contribution in [0.15, 0.2) is 24.5 Å². The molecule has 0 unspecified atom stereocenters. The monoisotopic (exact) mass is 380 g/mol. The third-order valence-electron chi connectivity index (χ3n) is 5.72. The van der Waals surface area contributed by atoms with Crippen molar-refractivity contribution in [1.82, 2.24) is 24.8 Å². The minimum Gasteiger partial charge on any atom is -0.369 e. The Morgan fingerprint density at radius 1 is 1.00 bits per heavy atom. The van der Waals surface area contributed by atoms with Crippen LogP contribution in [-0.2, 0) is 0 Å². The van der Waals surface area contributed by atoms with Gasteiger partial charge in [-0.25, -0.2) is 4.98 Å². The molecule has 2 fully saturated rings. The van der Waals surface area contributed by atoms with E-state index in [1.54, 1.807) is 12.4 Å². The van der Waals surface area contributed by atoms with E-state index < -0.39 is 0 Å². The Morgan fingerprint density at radius 2 is 1.79 bits per heavy atom. The SMILES string of the molecule is Cc1cnc(C(=O)N2CC[C@H](c3cc(N4CCN(C)CC4)cc(C)n3)C2)cn1. The largest absolute Gasteiger partial charge is 0.369 e. The van der Waals surface area contributed by atoms with E-state index in [9.17, 15) is 4.79 Å². The molecule has 7 heteroatoms. The first-order valence-electron chi connectivity index (χ1n) is 9.99. The summed E-state index contributed by atoms with van der Waals surface area (Å²) in [6.45, 7) is 9.60.